The second kappa shape index (κ2) is 8.64. The number of nitrogens with one attached hydrogen (secondary N) is 1. The molecular formula is C21H23N3O5. The minimum Gasteiger partial charge on any atom is -0.497 e. The highest BCUT2D eigenvalue weighted by molar-refractivity contribution is 5.77. The summed E-state index contributed by atoms with van der Waals surface area (Å²) in [5, 5.41) is 2.82. The number of ether oxygens (including phenoxy) is 2. The van der Waals surface area contributed by atoms with Crippen LogP contribution in [0, 0.1) is 0 Å². The molecule has 0 aliphatic carbocycles. The molecule has 1 heterocycles. The molecule has 8 nitrogen and oxygen atoms in total. The standard InChI is InChI=1S/C21H23N3O5/c1-23-16-6-4-5-7-17(16)24(21(27)20(23)26)11-10-19(25)22-13-14-12-15(28-2)8-9-18(14)29-3/h4-9,12H,10-11,13H2,1-3H3,(H,22,25). The maximum Gasteiger partial charge on any atom is 0.316 e. The molecule has 0 saturated carbocycles. The van der Waals surface area contributed by atoms with Crippen LogP contribution in [0.5, 0.6) is 11.5 Å². The van der Waals surface area contributed by atoms with Crippen LogP contribution < -0.4 is 25.9 Å². The highest BCUT2D eigenvalue weighted by atomic mass is 16.5. The van der Waals surface area contributed by atoms with Gasteiger partial charge in [0.1, 0.15) is 11.5 Å². The van der Waals surface area contributed by atoms with Crippen molar-refractivity contribution in [3.8, 4) is 11.5 Å². The van der Waals surface area contributed by atoms with Crippen LogP contribution >= 0.6 is 0 Å². The van der Waals surface area contributed by atoms with E-state index in [1.807, 2.05) is 0 Å². The van der Waals surface area contributed by atoms with E-state index >= 15 is 0 Å². The van der Waals surface area contributed by atoms with E-state index in [0.717, 1.165) is 5.56 Å². The number of rotatable bonds is 7. The van der Waals surface area contributed by atoms with Crippen LogP contribution in [-0.4, -0.2) is 29.3 Å². The van der Waals surface area contributed by atoms with Gasteiger partial charge < -0.3 is 23.9 Å². The molecule has 0 spiro atoms. The Morgan fingerprint density at radius 2 is 1.72 bits per heavy atom. The lowest BCUT2D eigenvalue weighted by atomic mass is 10.2. The molecule has 2 aromatic carbocycles. The first-order chi connectivity index (χ1) is 14.0. The summed E-state index contributed by atoms with van der Waals surface area (Å²) in [7, 11) is 4.68. The number of fused-ring (bicyclic) bond motifs is 1. The average Bonchev–Trinajstić information content (AvgIpc) is 2.75. The summed E-state index contributed by atoms with van der Waals surface area (Å²) < 4.78 is 13.2. The van der Waals surface area contributed by atoms with Crippen LogP contribution in [0.2, 0.25) is 0 Å². The van der Waals surface area contributed by atoms with Crippen molar-refractivity contribution < 1.29 is 14.3 Å². The molecule has 0 radical (unpaired) electrons. The zero-order chi connectivity index (χ0) is 21.0. The van der Waals surface area contributed by atoms with E-state index in [-0.39, 0.29) is 25.4 Å². The summed E-state index contributed by atoms with van der Waals surface area (Å²) in [4.78, 5) is 37.0. The maximum atomic E-state index is 12.4. The van der Waals surface area contributed by atoms with Gasteiger partial charge in [0, 0.05) is 32.1 Å². The second-order valence-electron chi connectivity index (χ2n) is 6.51. The molecule has 0 aliphatic rings. The molecular weight excluding hydrogens is 374 g/mol. The fraction of sp³-hybridized carbons (Fsp3) is 0.286. The molecule has 0 aliphatic heterocycles. The lowest BCUT2D eigenvalue weighted by Gasteiger charge is -2.13. The van der Waals surface area contributed by atoms with E-state index in [1.54, 1.807) is 63.7 Å². The number of benzene rings is 2. The van der Waals surface area contributed by atoms with Crippen LogP contribution in [0.1, 0.15) is 12.0 Å². The van der Waals surface area contributed by atoms with Crippen molar-refractivity contribution >= 4 is 16.9 Å². The Morgan fingerprint density at radius 1 is 1.00 bits per heavy atom. The van der Waals surface area contributed by atoms with Gasteiger partial charge in [-0.3, -0.25) is 14.4 Å². The van der Waals surface area contributed by atoms with Crippen molar-refractivity contribution in [1.29, 1.82) is 0 Å². The molecule has 152 valence electrons. The van der Waals surface area contributed by atoms with Crippen molar-refractivity contribution in [1.82, 2.24) is 14.5 Å². The summed E-state index contributed by atoms with van der Waals surface area (Å²) in [5.74, 6) is 1.06. The smallest absolute Gasteiger partial charge is 0.316 e. The zero-order valence-electron chi connectivity index (χ0n) is 16.6. The molecule has 1 amide bonds. The van der Waals surface area contributed by atoms with Crippen LogP contribution in [0.15, 0.2) is 52.1 Å². The zero-order valence-corrected chi connectivity index (χ0v) is 16.6. The van der Waals surface area contributed by atoms with Gasteiger partial charge in [0.15, 0.2) is 0 Å². The number of para-hydroxylation sites is 2. The molecule has 1 aromatic heterocycles. The summed E-state index contributed by atoms with van der Waals surface area (Å²) >= 11 is 0. The van der Waals surface area contributed by atoms with Gasteiger partial charge in [0.25, 0.3) is 0 Å². The molecule has 0 bridgehead atoms. The van der Waals surface area contributed by atoms with E-state index < -0.39 is 11.1 Å². The maximum absolute atomic E-state index is 12.4. The third-order valence-electron chi connectivity index (χ3n) is 4.79. The Kier molecular flexibility index (Phi) is 6.01. The minimum absolute atomic E-state index is 0.0589. The third kappa shape index (κ3) is 4.16. The van der Waals surface area contributed by atoms with Crippen LogP contribution in [-0.2, 0) is 24.9 Å². The number of methoxy groups -OCH3 is 2. The summed E-state index contributed by atoms with van der Waals surface area (Å²) in [5.41, 5.74) is 0.760. The fourth-order valence-electron chi connectivity index (χ4n) is 3.19. The first kappa shape index (κ1) is 20.2. The van der Waals surface area contributed by atoms with Crippen molar-refractivity contribution in [2.45, 2.75) is 19.5 Å². The number of carbonyl (C=O) groups excluding carboxylic acids is 1. The van der Waals surface area contributed by atoms with Crippen LogP contribution in [0.4, 0.5) is 0 Å². The largest absolute Gasteiger partial charge is 0.497 e. The Hall–Kier alpha value is -3.55. The molecule has 1 N–H and O–H groups in total. The van der Waals surface area contributed by atoms with Gasteiger partial charge in [0.2, 0.25) is 5.91 Å². The number of aromatic nitrogens is 2. The molecule has 0 saturated heterocycles. The van der Waals surface area contributed by atoms with E-state index in [9.17, 15) is 14.4 Å². The lowest BCUT2D eigenvalue weighted by molar-refractivity contribution is -0.121. The van der Waals surface area contributed by atoms with Crippen molar-refractivity contribution in [3.05, 3.63) is 68.7 Å². The number of carbonyl (C=O) groups is 1. The molecule has 0 unspecified atom stereocenters. The first-order valence-electron chi connectivity index (χ1n) is 9.12. The first-order valence-corrected chi connectivity index (χ1v) is 9.12. The average molecular weight is 397 g/mol. The molecule has 3 aromatic rings. The normalized spacial score (nSPS) is 10.7. The molecule has 0 atom stereocenters. The predicted molar refractivity (Wildman–Crippen MR) is 109 cm³/mol. The molecule has 0 fully saturated rings. The number of amides is 1. The number of hydrogen-bond donors (Lipinski definition) is 1. The Morgan fingerprint density at radius 3 is 2.41 bits per heavy atom. The number of hydrogen-bond acceptors (Lipinski definition) is 5. The highest BCUT2D eigenvalue weighted by Gasteiger charge is 2.12. The number of nitrogens with zero attached hydrogens (tertiary/aromatic N) is 2. The quantitative estimate of drug-likeness (QED) is 0.609. The van der Waals surface area contributed by atoms with Gasteiger partial charge in [-0.25, -0.2) is 0 Å². The number of aryl methyl sites for hydroxylation is 2. The Bertz CT molecular complexity index is 1160. The third-order valence-corrected chi connectivity index (χ3v) is 4.79. The Balaban J connectivity index is 1.74. The van der Waals surface area contributed by atoms with Crippen LogP contribution in [0.25, 0.3) is 11.0 Å². The van der Waals surface area contributed by atoms with E-state index in [0.29, 0.717) is 22.5 Å². The van der Waals surface area contributed by atoms with Crippen molar-refractivity contribution in [2.75, 3.05) is 14.2 Å². The topological polar surface area (TPSA) is 91.6 Å². The van der Waals surface area contributed by atoms with E-state index in [4.69, 9.17) is 9.47 Å². The van der Waals surface area contributed by atoms with Gasteiger partial charge in [-0.05, 0) is 30.3 Å². The van der Waals surface area contributed by atoms with Gasteiger partial charge in [-0.15, -0.1) is 0 Å². The fourth-order valence-corrected chi connectivity index (χ4v) is 3.19. The van der Waals surface area contributed by atoms with Gasteiger partial charge >= 0.3 is 11.1 Å². The summed E-state index contributed by atoms with van der Waals surface area (Å²) in [6.45, 7) is 0.363. The molecule has 3 rings (SSSR count). The van der Waals surface area contributed by atoms with Crippen molar-refractivity contribution in [3.63, 3.8) is 0 Å². The lowest BCUT2D eigenvalue weighted by Crippen LogP contribution is -2.41. The Labute approximate surface area is 167 Å². The summed E-state index contributed by atoms with van der Waals surface area (Å²) in [6.07, 6.45) is 0.0589. The predicted octanol–water partition coefficient (Wildman–Crippen LogP) is 1.42. The summed E-state index contributed by atoms with van der Waals surface area (Å²) in [6, 6.07) is 12.4. The second-order valence-corrected chi connectivity index (χ2v) is 6.51. The van der Waals surface area contributed by atoms with Gasteiger partial charge in [0.05, 0.1) is 25.3 Å². The molecule has 8 heteroatoms. The van der Waals surface area contributed by atoms with E-state index in [2.05, 4.69) is 5.32 Å². The van der Waals surface area contributed by atoms with E-state index in [1.165, 1.54) is 9.13 Å². The SMILES string of the molecule is COc1ccc(OC)c(CNC(=O)CCn2c(=O)c(=O)n(C)c3ccccc32)c1. The minimum atomic E-state index is -0.645. The monoisotopic (exact) mass is 397 g/mol. The van der Waals surface area contributed by atoms with Gasteiger partial charge in [-0.2, -0.15) is 0 Å². The van der Waals surface area contributed by atoms with Gasteiger partial charge in [-0.1, -0.05) is 12.1 Å². The molecule has 29 heavy (non-hydrogen) atoms. The highest BCUT2D eigenvalue weighted by Crippen LogP contribution is 2.23. The van der Waals surface area contributed by atoms with Crippen LogP contribution in [0.3, 0.4) is 0 Å². The van der Waals surface area contributed by atoms with Crippen molar-refractivity contribution in [2.24, 2.45) is 7.05 Å².